The number of aromatic nitrogens is 2. The van der Waals surface area contributed by atoms with Gasteiger partial charge in [-0.1, -0.05) is 17.7 Å². The van der Waals surface area contributed by atoms with Crippen molar-refractivity contribution in [3.63, 3.8) is 0 Å². The number of halogens is 2. The van der Waals surface area contributed by atoms with Crippen LogP contribution >= 0.6 is 11.6 Å². The molecule has 0 aliphatic rings. The minimum Gasteiger partial charge on any atom is -0.481 e. The summed E-state index contributed by atoms with van der Waals surface area (Å²) >= 11 is 5.95. The third-order valence-corrected chi connectivity index (χ3v) is 2.78. The summed E-state index contributed by atoms with van der Waals surface area (Å²) < 4.78 is 15.3. The Labute approximate surface area is 108 Å². The Balaban J connectivity index is 2.39. The molecule has 0 spiro atoms. The average molecular weight is 269 g/mol. The molecule has 0 radical (unpaired) electrons. The molecule has 1 aromatic carbocycles. The Morgan fingerprint density at radius 2 is 2.28 bits per heavy atom. The Morgan fingerprint density at radius 3 is 2.94 bits per heavy atom. The van der Waals surface area contributed by atoms with Gasteiger partial charge in [0, 0.05) is 18.9 Å². The van der Waals surface area contributed by atoms with Crippen LogP contribution in [-0.4, -0.2) is 20.6 Å². The molecule has 1 heterocycles. The van der Waals surface area contributed by atoms with Crippen molar-refractivity contribution in [1.82, 2.24) is 9.55 Å². The van der Waals surface area contributed by atoms with Crippen LogP contribution < -0.4 is 0 Å². The molecular formula is C12H10ClFN2O2. The molecule has 2 aromatic rings. The van der Waals surface area contributed by atoms with Crippen molar-refractivity contribution in [2.75, 3.05) is 0 Å². The molecule has 0 unspecified atom stereocenters. The zero-order valence-corrected chi connectivity index (χ0v) is 10.1. The number of aryl methyl sites for hydroxylation is 1. The van der Waals surface area contributed by atoms with E-state index < -0.39 is 11.8 Å². The Morgan fingerprint density at radius 1 is 1.50 bits per heavy atom. The summed E-state index contributed by atoms with van der Waals surface area (Å²) in [6, 6.07) is 4.36. The summed E-state index contributed by atoms with van der Waals surface area (Å²) in [6.07, 6.45) is 3.02. The normalized spacial score (nSPS) is 10.6. The van der Waals surface area contributed by atoms with Crippen molar-refractivity contribution in [3.05, 3.63) is 41.4 Å². The lowest BCUT2D eigenvalue weighted by atomic mass is 10.2. The Kier molecular flexibility index (Phi) is 3.62. The maximum Gasteiger partial charge on any atom is 0.305 e. The second-order valence-electron chi connectivity index (χ2n) is 3.68. The predicted molar refractivity (Wildman–Crippen MR) is 64.9 cm³/mol. The monoisotopic (exact) mass is 268 g/mol. The van der Waals surface area contributed by atoms with E-state index >= 15 is 0 Å². The Hall–Kier alpha value is -1.88. The van der Waals surface area contributed by atoms with Gasteiger partial charge in [0.25, 0.3) is 0 Å². The molecule has 0 saturated heterocycles. The van der Waals surface area contributed by atoms with Crippen LogP contribution in [0.5, 0.6) is 0 Å². The third kappa shape index (κ3) is 2.51. The lowest BCUT2D eigenvalue weighted by Gasteiger charge is -2.08. The number of carboxylic acids is 1. The number of imidazole rings is 1. The average Bonchev–Trinajstić information content (AvgIpc) is 2.74. The molecule has 0 fully saturated rings. The fourth-order valence-corrected chi connectivity index (χ4v) is 1.89. The van der Waals surface area contributed by atoms with Gasteiger partial charge in [0.2, 0.25) is 0 Å². The molecule has 0 saturated carbocycles. The van der Waals surface area contributed by atoms with Crippen LogP contribution in [0.2, 0.25) is 5.02 Å². The highest BCUT2D eigenvalue weighted by atomic mass is 35.5. The largest absolute Gasteiger partial charge is 0.481 e. The predicted octanol–water partition coefficient (Wildman–Crippen LogP) is 2.82. The third-order valence-electron chi connectivity index (χ3n) is 2.47. The minimum absolute atomic E-state index is 0.0601. The highest BCUT2D eigenvalue weighted by Crippen LogP contribution is 2.29. The quantitative estimate of drug-likeness (QED) is 0.928. The zero-order chi connectivity index (χ0) is 13.1. The smallest absolute Gasteiger partial charge is 0.305 e. The van der Waals surface area contributed by atoms with Gasteiger partial charge in [-0.05, 0) is 12.1 Å². The summed E-state index contributed by atoms with van der Waals surface area (Å²) in [4.78, 5) is 14.6. The number of rotatable bonds is 4. The van der Waals surface area contributed by atoms with Crippen LogP contribution in [0.25, 0.3) is 11.4 Å². The molecule has 0 aliphatic carbocycles. The molecule has 1 aromatic heterocycles. The lowest BCUT2D eigenvalue weighted by Crippen LogP contribution is -2.06. The first-order valence-electron chi connectivity index (χ1n) is 5.27. The number of benzene rings is 1. The van der Waals surface area contributed by atoms with E-state index in [9.17, 15) is 9.18 Å². The van der Waals surface area contributed by atoms with E-state index in [1.54, 1.807) is 16.8 Å². The summed E-state index contributed by atoms with van der Waals surface area (Å²) in [7, 11) is 0. The zero-order valence-electron chi connectivity index (χ0n) is 9.31. The van der Waals surface area contributed by atoms with E-state index in [0.717, 1.165) is 0 Å². The first-order valence-corrected chi connectivity index (χ1v) is 5.64. The van der Waals surface area contributed by atoms with E-state index in [-0.39, 0.29) is 23.6 Å². The maximum absolute atomic E-state index is 13.7. The summed E-state index contributed by atoms with van der Waals surface area (Å²) in [5.74, 6) is -1.07. The highest BCUT2D eigenvalue weighted by Gasteiger charge is 2.15. The van der Waals surface area contributed by atoms with Crippen molar-refractivity contribution in [2.24, 2.45) is 0 Å². The molecule has 1 N–H and O–H groups in total. The second-order valence-corrected chi connectivity index (χ2v) is 4.09. The van der Waals surface area contributed by atoms with Crippen LogP contribution in [0, 0.1) is 5.82 Å². The van der Waals surface area contributed by atoms with Gasteiger partial charge in [0.1, 0.15) is 11.6 Å². The fourth-order valence-electron chi connectivity index (χ4n) is 1.65. The van der Waals surface area contributed by atoms with Crippen molar-refractivity contribution < 1.29 is 14.3 Å². The van der Waals surface area contributed by atoms with Crippen LogP contribution in [0.1, 0.15) is 6.42 Å². The van der Waals surface area contributed by atoms with Gasteiger partial charge in [0.15, 0.2) is 0 Å². The second kappa shape index (κ2) is 5.18. The van der Waals surface area contributed by atoms with E-state index in [1.807, 2.05) is 0 Å². The fraction of sp³-hybridized carbons (Fsp3) is 0.167. The van der Waals surface area contributed by atoms with Gasteiger partial charge in [-0.2, -0.15) is 0 Å². The SMILES string of the molecule is O=C(O)CCn1ccnc1-c1c(F)cccc1Cl. The van der Waals surface area contributed by atoms with Gasteiger partial charge in [0.05, 0.1) is 17.0 Å². The van der Waals surface area contributed by atoms with Crippen molar-refractivity contribution in [3.8, 4) is 11.4 Å². The van der Waals surface area contributed by atoms with Gasteiger partial charge in [-0.3, -0.25) is 4.79 Å². The van der Waals surface area contributed by atoms with E-state index in [2.05, 4.69) is 4.98 Å². The number of hydrogen-bond donors (Lipinski definition) is 1. The van der Waals surface area contributed by atoms with Crippen molar-refractivity contribution in [1.29, 1.82) is 0 Å². The molecule has 0 aliphatic heterocycles. The van der Waals surface area contributed by atoms with Gasteiger partial charge in [-0.15, -0.1) is 0 Å². The molecule has 0 atom stereocenters. The van der Waals surface area contributed by atoms with E-state index in [0.29, 0.717) is 5.82 Å². The van der Waals surface area contributed by atoms with E-state index in [4.69, 9.17) is 16.7 Å². The summed E-state index contributed by atoms with van der Waals surface area (Å²) in [6.45, 7) is 0.218. The molecule has 6 heteroatoms. The summed E-state index contributed by atoms with van der Waals surface area (Å²) in [5, 5.41) is 8.90. The number of carboxylic acid groups (broad SMARTS) is 1. The van der Waals surface area contributed by atoms with Gasteiger partial charge >= 0.3 is 5.97 Å². The van der Waals surface area contributed by atoms with Gasteiger partial charge < -0.3 is 9.67 Å². The van der Waals surface area contributed by atoms with Crippen LogP contribution in [0.3, 0.4) is 0 Å². The van der Waals surface area contributed by atoms with Crippen LogP contribution in [-0.2, 0) is 11.3 Å². The number of nitrogens with zero attached hydrogens (tertiary/aromatic N) is 2. The molecular weight excluding hydrogens is 259 g/mol. The summed E-state index contributed by atoms with van der Waals surface area (Å²) in [5.41, 5.74) is 0.189. The number of carbonyl (C=O) groups is 1. The topological polar surface area (TPSA) is 55.1 Å². The number of aliphatic carboxylic acids is 1. The molecule has 18 heavy (non-hydrogen) atoms. The molecule has 94 valence electrons. The lowest BCUT2D eigenvalue weighted by molar-refractivity contribution is -0.137. The van der Waals surface area contributed by atoms with Crippen LogP contribution in [0.4, 0.5) is 4.39 Å². The first-order chi connectivity index (χ1) is 8.59. The Bertz CT molecular complexity index is 563. The molecule has 2 rings (SSSR count). The van der Waals surface area contributed by atoms with Crippen LogP contribution in [0.15, 0.2) is 30.6 Å². The van der Waals surface area contributed by atoms with Crippen molar-refractivity contribution >= 4 is 17.6 Å². The minimum atomic E-state index is -0.922. The molecule has 4 nitrogen and oxygen atoms in total. The molecule has 0 bridgehead atoms. The standard InChI is InChI=1S/C12H10ClFN2O2/c13-8-2-1-3-9(14)11(8)12-15-5-7-16(12)6-4-10(17)18/h1-3,5,7H,4,6H2,(H,17,18). The first kappa shape index (κ1) is 12.6. The van der Waals surface area contributed by atoms with E-state index in [1.165, 1.54) is 18.3 Å². The number of hydrogen-bond acceptors (Lipinski definition) is 2. The van der Waals surface area contributed by atoms with Gasteiger partial charge in [-0.25, -0.2) is 9.37 Å². The van der Waals surface area contributed by atoms with Crippen molar-refractivity contribution in [2.45, 2.75) is 13.0 Å². The molecule has 0 amide bonds. The maximum atomic E-state index is 13.7. The highest BCUT2D eigenvalue weighted by molar-refractivity contribution is 6.33.